The minimum Gasteiger partial charge on any atom is -0.481 e. The van der Waals surface area contributed by atoms with Gasteiger partial charge in [0.2, 0.25) is 17.7 Å². The van der Waals surface area contributed by atoms with Crippen molar-refractivity contribution in [1.82, 2.24) is 15.3 Å². The van der Waals surface area contributed by atoms with Crippen LogP contribution in [0.3, 0.4) is 0 Å². The van der Waals surface area contributed by atoms with E-state index in [9.17, 15) is 0 Å². The number of rotatable bonds is 4. The fraction of sp³-hybridized carbons (Fsp3) is 0.692. The second-order valence-corrected chi connectivity index (χ2v) is 5.05. The maximum Gasteiger partial charge on any atom is 0.231 e. The summed E-state index contributed by atoms with van der Waals surface area (Å²) in [5.74, 6) is 1.74. The van der Waals surface area contributed by atoms with E-state index in [-0.39, 0.29) is 5.54 Å². The normalized spacial score (nSPS) is 18.2. The van der Waals surface area contributed by atoms with Crippen LogP contribution in [-0.4, -0.2) is 49.9 Å². The van der Waals surface area contributed by atoms with Crippen LogP contribution in [0.5, 0.6) is 11.8 Å². The molecule has 1 aromatic rings. The molecule has 19 heavy (non-hydrogen) atoms. The lowest BCUT2D eigenvalue weighted by molar-refractivity contribution is 0.302. The van der Waals surface area contributed by atoms with Gasteiger partial charge in [0, 0.05) is 18.6 Å². The summed E-state index contributed by atoms with van der Waals surface area (Å²) in [5.41, 5.74) is 0.208. The molecule has 6 heteroatoms. The Morgan fingerprint density at radius 1 is 1.16 bits per heavy atom. The van der Waals surface area contributed by atoms with Gasteiger partial charge in [-0.15, -0.1) is 0 Å². The third-order valence-corrected chi connectivity index (χ3v) is 3.84. The molecule has 2 rings (SSSR count). The average molecular weight is 266 g/mol. The van der Waals surface area contributed by atoms with Gasteiger partial charge in [-0.05, 0) is 26.8 Å². The second-order valence-electron chi connectivity index (χ2n) is 5.05. The predicted octanol–water partition coefficient (Wildman–Crippen LogP) is 1.07. The number of methoxy groups -OCH3 is 2. The molecule has 106 valence electrons. The van der Waals surface area contributed by atoms with Crippen LogP contribution in [0.25, 0.3) is 0 Å². The van der Waals surface area contributed by atoms with E-state index in [4.69, 9.17) is 9.47 Å². The molecule has 1 N–H and O–H groups in total. The molecular formula is C13H22N4O2. The molecule has 1 aliphatic heterocycles. The molecule has 6 nitrogen and oxygen atoms in total. The largest absolute Gasteiger partial charge is 0.481 e. The molecule has 2 heterocycles. The number of hydrogen-bond donors (Lipinski definition) is 1. The minimum absolute atomic E-state index is 0.208. The fourth-order valence-corrected chi connectivity index (χ4v) is 2.19. The number of anilines is 1. The first-order valence-electron chi connectivity index (χ1n) is 6.51. The molecule has 1 fully saturated rings. The first-order chi connectivity index (χ1) is 9.10. The van der Waals surface area contributed by atoms with Gasteiger partial charge in [0.1, 0.15) is 0 Å². The summed E-state index contributed by atoms with van der Waals surface area (Å²) in [4.78, 5) is 10.9. The highest BCUT2D eigenvalue weighted by Gasteiger charge is 2.29. The summed E-state index contributed by atoms with van der Waals surface area (Å²) in [5, 5.41) is 3.38. The van der Waals surface area contributed by atoms with Crippen molar-refractivity contribution in [3.63, 3.8) is 0 Å². The van der Waals surface area contributed by atoms with E-state index in [1.807, 2.05) is 7.05 Å². The molecule has 0 spiro atoms. The highest BCUT2D eigenvalue weighted by atomic mass is 16.5. The Morgan fingerprint density at radius 2 is 1.68 bits per heavy atom. The van der Waals surface area contributed by atoms with Gasteiger partial charge >= 0.3 is 0 Å². The number of ether oxygens (including phenoxy) is 2. The standard InChI is InChI=1S/C13H22N4O2/c1-13(14-2)5-7-17(8-6-13)12-15-10(18-3)9-11(16-12)19-4/h9,14H,5-8H2,1-4H3. The number of piperidine rings is 1. The molecule has 0 amide bonds. The molecule has 1 saturated heterocycles. The third kappa shape index (κ3) is 3.07. The Balaban J connectivity index is 2.14. The maximum absolute atomic E-state index is 5.18. The van der Waals surface area contributed by atoms with Crippen LogP contribution in [0.1, 0.15) is 19.8 Å². The quantitative estimate of drug-likeness (QED) is 0.880. The maximum atomic E-state index is 5.18. The lowest BCUT2D eigenvalue weighted by Gasteiger charge is -2.39. The smallest absolute Gasteiger partial charge is 0.231 e. The van der Waals surface area contributed by atoms with Gasteiger partial charge in [-0.2, -0.15) is 9.97 Å². The summed E-state index contributed by atoms with van der Waals surface area (Å²) in [6.07, 6.45) is 2.12. The van der Waals surface area contributed by atoms with Crippen molar-refractivity contribution in [2.24, 2.45) is 0 Å². The minimum atomic E-state index is 0.208. The molecule has 0 aliphatic carbocycles. The number of nitrogens with one attached hydrogen (secondary N) is 1. The van der Waals surface area contributed by atoms with Crippen LogP contribution in [0.2, 0.25) is 0 Å². The van der Waals surface area contributed by atoms with E-state index in [1.165, 1.54) is 0 Å². The molecule has 0 radical (unpaired) electrons. The molecule has 1 aromatic heterocycles. The summed E-state index contributed by atoms with van der Waals surface area (Å²) in [6.45, 7) is 4.10. The van der Waals surface area contributed by atoms with E-state index < -0.39 is 0 Å². The highest BCUT2D eigenvalue weighted by Crippen LogP contribution is 2.26. The van der Waals surface area contributed by atoms with Gasteiger partial charge in [-0.1, -0.05) is 0 Å². The zero-order valence-electron chi connectivity index (χ0n) is 12.1. The zero-order valence-corrected chi connectivity index (χ0v) is 12.1. The van der Waals surface area contributed by atoms with E-state index in [1.54, 1.807) is 20.3 Å². The van der Waals surface area contributed by atoms with Crippen molar-refractivity contribution >= 4 is 5.95 Å². The summed E-state index contributed by atoms with van der Waals surface area (Å²) >= 11 is 0. The van der Waals surface area contributed by atoms with Gasteiger partial charge in [-0.3, -0.25) is 0 Å². The van der Waals surface area contributed by atoms with Crippen LogP contribution >= 0.6 is 0 Å². The molecule has 0 aromatic carbocycles. The van der Waals surface area contributed by atoms with E-state index >= 15 is 0 Å². The second kappa shape index (κ2) is 5.61. The van der Waals surface area contributed by atoms with Crippen LogP contribution in [0.15, 0.2) is 6.07 Å². The summed E-state index contributed by atoms with van der Waals surface area (Å²) in [6, 6.07) is 1.69. The Morgan fingerprint density at radius 3 is 2.11 bits per heavy atom. The van der Waals surface area contributed by atoms with Crippen molar-refractivity contribution in [2.75, 3.05) is 39.3 Å². The van der Waals surface area contributed by atoms with Gasteiger partial charge in [0.25, 0.3) is 0 Å². The zero-order chi connectivity index (χ0) is 13.9. The first kappa shape index (κ1) is 13.9. The van der Waals surface area contributed by atoms with Gasteiger partial charge in [-0.25, -0.2) is 0 Å². The topological polar surface area (TPSA) is 59.5 Å². The third-order valence-electron chi connectivity index (χ3n) is 3.84. The van der Waals surface area contributed by atoms with Gasteiger partial charge in [0.05, 0.1) is 20.3 Å². The van der Waals surface area contributed by atoms with Crippen molar-refractivity contribution in [1.29, 1.82) is 0 Å². The van der Waals surface area contributed by atoms with E-state index in [0.717, 1.165) is 25.9 Å². The number of aromatic nitrogens is 2. The highest BCUT2D eigenvalue weighted by molar-refractivity contribution is 5.37. The van der Waals surface area contributed by atoms with Crippen LogP contribution < -0.4 is 19.7 Å². The fourth-order valence-electron chi connectivity index (χ4n) is 2.19. The van der Waals surface area contributed by atoms with Crippen molar-refractivity contribution < 1.29 is 9.47 Å². The molecule has 1 aliphatic rings. The summed E-state index contributed by atoms with van der Waals surface area (Å²) < 4.78 is 10.4. The SMILES string of the molecule is CNC1(C)CCN(c2nc(OC)cc(OC)n2)CC1. The predicted molar refractivity (Wildman–Crippen MR) is 74.0 cm³/mol. The number of nitrogens with zero attached hydrogens (tertiary/aromatic N) is 3. The lowest BCUT2D eigenvalue weighted by atomic mass is 9.90. The molecular weight excluding hydrogens is 244 g/mol. The van der Waals surface area contributed by atoms with Crippen molar-refractivity contribution in [2.45, 2.75) is 25.3 Å². The van der Waals surface area contributed by atoms with Gasteiger partial charge < -0.3 is 19.7 Å². The molecule has 0 saturated carbocycles. The Labute approximate surface area is 114 Å². The Hall–Kier alpha value is -1.56. The summed E-state index contributed by atoms with van der Waals surface area (Å²) in [7, 11) is 5.21. The average Bonchev–Trinajstić information content (AvgIpc) is 2.47. The monoisotopic (exact) mass is 266 g/mol. The van der Waals surface area contributed by atoms with E-state index in [2.05, 4.69) is 27.1 Å². The van der Waals surface area contributed by atoms with Crippen molar-refractivity contribution in [3.05, 3.63) is 6.07 Å². The van der Waals surface area contributed by atoms with Crippen LogP contribution in [0, 0.1) is 0 Å². The Kier molecular flexibility index (Phi) is 4.09. The van der Waals surface area contributed by atoms with Crippen LogP contribution in [0.4, 0.5) is 5.95 Å². The lowest BCUT2D eigenvalue weighted by Crippen LogP contribution is -2.50. The Bertz CT molecular complexity index is 408. The number of hydrogen-bond acceptors (Lipinski definition) is 6. The van der Waals surface area contributed by atoms with Crippen LogP contribution in [-0.2, 0) is 0 Å². The molecule has 0 atom stereocenters. The van der Waals surface area contributed by atoms with E-state index in [0.29, 0.717) is 17.7 Å². The molecule has 0 bridgehead atoms. The molecule has 0 unspecified atom stereocenters. The van der Waals surface area contributed by atoms with Gasteiger partial charge in [0.15, 0.2) is 0 Å². The first-order valence-corrected chi connectivity index (χ1v) is 6.51. The van der Waals surface area contributed by atoms with Crippen molar-refractivity contribution in [3.8, 4) is 11.8 Å².